The Labute approximate surface area is 128 Å². The fourth-order valence-corrected chi connectivity index (χ4v) is 1.99. The van der Waals surface area contributed by atoms with Crippen molar-refractivity contribution in [2.75, 3.05) is 13.2 Å². The van der Waals surface area contributed by atoms with Crippen LogP contribution in [0.5, 0.6) is 0 Å². The van der Waals surface area contributed by atoms with Crippen LogP contribution >= 0.6 is 22.6 Å². The zero-order chi connectivity index (χ0) is 13.9. The van der Waals surface area contributed by atoms with Crippen molar-refractivity contribution in [2.24, 2.45) is 0 Å². The summed E-state index contributed by atoms with van der Waals surface area (Å²) in [6, 6.07) is 8.17. The van der Waals surface area contributed by atoms with Crippen LogP contribution in [0.4, 0.5) is 4.79 Å². The van der Waals surface area contributed by atoms with Gasteiger partial charge in [0.05, 0.1) is 13.2 Å². The van der Waals surface area contributed by atoms with E-state index < -0.39 is 6.16 Å². The highest BCUT2D eigenvalue weighted by atomic mass is 127. The third kappa shape index (κ3) is 8.08. The monoisotopic (exact) mass is 376 g/mol. The normalized spacial score (nSPS) is 10.2. The van der Waals surface area contributed by atoms with Crippen molar-refractivity contribution >= 4 is 28.7 Å². The Bertz CT molecular complexity index is 362. The second-order valence-corrected chi connectivity index (χ2v) is 5.63. The summed E-state index contributed by atoms with van der Waals surface area (Å²) in [6.07, 6.45) is 4.56. The molecular weight excluding hydrogens is 355 g/mol. The molecule has 1 aromatic rings. The van der Waals surface area contributed by atoms with Crippen LogP contribution in [0.3, 0.4) is 0 Å². The van der Waals surface area contributed by atoms with Gasteiger partial charge in [-0.05, 0) is 46.7 Å². The number of carbonyl (C=O) groups excluding carboxylic acids is 1. The standard InChI is InChI=1S/C15H21IO3/c1-2-3-4-5-11-18-15(17)19-12-10-13-6-8-14(16)9-7-13/h6-9H,2-5,10-12H2,1H3. The molecule has 0 aliphatic heterocycles. The molecule has 0 heterocycles. The Balaban J connectivity index is 2.05. The van der Waals surface area contributed by atoms with E-state index in [9.17, 15) is 4.79 Å². The molecule has 0 aromatic heterocycles. The lowest BCUT2D eigenvalue weighted by molar-refractivity contribution is 0.0549. The molecule has 3 nitrogen and oxygen atoms in total. The topological polar surface area (TPSA) is 35.5 Å². The van der Waals surface area contributed by atoms with Crippen molar-refractivity contribution in [3.8, 4) is 0 Å². The molecule has 0 atom stereocenters. The van der Waals surface area contributed by atoms with Gasteiger partial charge in [0.25, 0.3) is 0 Å². The minimum atomic E-state index is -0.554. The smallest absolute Gasteiger partial charge is 0.434 e. The van der Waals surface area contributed by atoms with Gasteiger partial charge in [-0.25, -0.2) is 4.79 Å². The Kier molecular flexibility index (Phi) is 8.62. The number of carbonyl (C=O) groups is 1. The molecule has 0 unspecified atom stereocenters. The molecule has 0 fully saturated rings. The van der Waals surface area contributed by atoms with E-state index in [2.05, 4.69) is 29.5 Å². The number of hydrogen-bond donors (Lipinski definition) is 0. The van der Waals surface area contributed by atoms with Crippen LogP contribution in [0.2, 0.25) is 0 Å². The van der Waals surface area contributed by atoms with E-state index >= 15 is 0 Å². The summed E-state index contributed by atoms with van der Waals surface area (Å²) >= 11 is 2.26. The van der Waals surface area contributed by atoms with Crippen LogP contribution in [-0.4, -0.2) is 19.4 Å². The van der Waals surface area contributed by atoms with Crippen LogP contribution in [0.25, 0.3) is 0 Å². The number of hydrogen-bond acceptors (Lipinski definition) is 3. The Morgan fingerprint density at radius 2 is 1.74 bits per heavy atom. The minimum absolute atomic E-state index is 0.369. The van der Waals surface area contributed by atoms with Gasteiger partial charge in [0, 0.05) is 9.99 Å². The fraction of sp³-hybridized carbons (Fsp3) is 0.533. The highest BCUT2D eigenvalue weighted by molar-refractivity contribution is 14.1. The first kappa shape index (κ1) is 16.3. The quantitative estimate of drug-likeness (QED) is 0.379. The second kappa shape index (κ2) is 10.1. The zero-order valence-corrected chi connectivity index (χ0v) is 13.5. The van der Waals surface area contributed by atoms with Crippen molar-refractivity contribution in [1.82, 2.24) is 0 Å². The van der Waals surface area contributed by atoms with Gasteiger partial charge in [-0.3, -0.25) is 0 Å². The average molecular weight is 376 g/mol. The Morgan fingerprint density at radius 1 is 1.05 bits per heavy atom. The van der Waals surface area contributed by atoms with Gasteiger partial charge in [0.1, 0.15) is 0 Å². The highest BCUT2D eigenvalue weighted by Gasteiger charge is 2.03. The molecule has 1 rings (SSSR count). The highest BCUT2D eigenvalue weighted by Crippen LogP contribution is 2.07. The molecule has 0 N–H and O–H groups in total. The molecular formula is C15H21IO3. The molecule has 0 saturated carbocycles. The Morgan fingerprint density at radius 3 is 2.42 bits per heavy atom. The van der Waals surface area contributed by atoms with Crippen molar-refractivity contribution in [3.63, 3.8) is 0 Å². The molecule has 19 heavy (non-hydrogen) atoms. The number of benzene rings is 1. The van der Waals surface area contributed by atoms with Crippen molar-refractivity contribution in [3.05, 3.63) is 33.4 Å². The lowest BCUT2D eigenvalue weighted by atomic mass is 10.2. The average Bonchev–Trinajstić information content (AvgIpc) is 2.41. The van der Waals surface area contributed by atoms with E-state index in [-0.39, 0.29) is 0 Å². The van der Waals surface area contributed by atoms with Gasteiger partial charge < -0.3 is 9.47 Å². The van der Waals surface area contributed by atoms with Crippen molar-refractivity contribution in [1.29, 1.82) is 0 Å². The summed E-state index contributed by atoms with van der Waals surface area (Å²) in [5.41, 5.74) is 1.16. The molecule has 0 saturated heterocycles. The van der Waals surface area contributed by atoms with Crippen LogP contribution in [-0.2, 0) is 15.9 Å². The molecule has 0 aliphatic rings. The summed E-state index contributed by atoms with van der Waals surface area (Å²) in [6.45, 7) is 2.98. The zero-order valence-electron chi connectivity index (χ0n) is 11.4. The molecule has 4 heteroatoms. The molecule has 0 amide bonds. The number of ether oxygens (including phenoxy) is 2. The Hall–Kier alpha value is -0.780. The SMILES string of the molecule is CCCCCCOC(=O)OCCc1ccc(I)cc1. The molecule has 106 valence electrons. The van der Waals surface area contributed by atoms with E-state index in [0.29, 0.717) is 13.2 Å². The summed E-state index contributed by atoms with van der Waals surface area (Å²) in [5, 5.41) is 0. The molecule has 0 aliphatic carbocycles. The first-order chi connectivity index (χ1) is 9.22. The van der Waals surface area contributed by atoms with Gasteiger partial charge in [-0.15, -0.1) is 0 Å². The number of rotatable bonds is 8. The number of halogens is 1. The largest absolute Gasteiger partial charge is 0.508 e. The first-order valence-corrected chi connectivity index (χ1v) is 7.84. The van der Waals surface area contributed by atoms with Gasteiger partial charge in [0.15, 0.2) is 0 Å². The van der Waals surface area contributed by atoms with E-state index in [4.69, 9.17) is 9.47 Å². The van der Waals surface area contributed by atoms with Gasteiger partial charge in [0.2, 0.25) is 0 Å². The second-order valence-electron chi connectivity index (χ2n) is 4.38. The summed E-state index contributed by atoms with van der Waals surface area (Å²) < 4.78 is 11.2. The van der Waals surface area contributed by atoms with Crippen LogP contribution in [0.15, 0.2) is 24.3 Å². The lowest BCUT2D eigenvalue weighted by Gasteiger charge is -2.06. The van der Waals surface area contributed by atoms with Crippen molar-refractivity contribution < 1.29 is 14.3 Å². The van der Waals surface area contributed by atoms with Crippen LogP contribution in [0, 0.1) is 3.57 Å². The van der Waals surface area contributed by atoms with Gasteiger partial charge in [-0.1, -0.05) is 38.3 Å². The van der Waals surface area contributed by atoms with E-state index in [1.54, 1.807) is 0 Å². The third-order valence-electron chi connectivity index (χ3n) is 2.74. The molecule has 1 aromatic carbocycles. The molecule has 0 spiro atoms. The predicted molar refractivity (Wildman–Crippen MR) is 84.3 cm³/mol. The van der Waals surface area contributed by atoms with E-state index in [1.807, 2.05) is 24.3 Å². The van der Waals surface area contributed by atoms with E-state index in [0.717, 1.165) is 24.8 Å². The van der Waals surface area contributed by atoms with E-state index in [1.165, 1.54) is 16.4 Å². The number of unbranched alkanes of at least 4 members (excludes halogenated alkanes) is 3. The van der Waals surface area contributed by atoms with Crippen LogP contribution < -0.4 is 0 Å². The maximum absolute atomic E-state index is 11.3. The maximum atomic E-state index is 11.3. The lowest BCUT2D eigenvalue weighted by Crippen LogP contribution is -2.10. The first-order valence-electron chi connectivity index (χ1n) is 6.76. The van der Waals surface area contributed by atoms with Crippen LogP contribution in [0.1, 0.15) is 38.2 Å². The summed E-state index contributed by atoms with van der Waals surface area (Å²) in [4.78, 5) is 11.3. The summed E-state index contributed by atoms with van der Waals surface area (Å²) in [5.74, 6) is 0. The van der Waals surface area contributed by atoms with Gasteiger partial charge >= 0.3 is 6.16 Å². The molecule has 0 bridgehead atoms. The minimum Gasteiger partial charge on any atom is -0.434 e. The third-order valence-corrected chi connectivity index (χ3v) is 3.46. The van der Waals surface area contributed by atoms with Crippen molar-refractivity contribution in [2.45, 2.75) is 39.0 Å². The summed E-state index contributed by atoms with van der Waals surface area (Å²) in [7, 11) is 0. The molecule has 0 radical (unpaired) electrons. The fourth-order valence-electron chi connectivity index (χ4n) is 1.63. The predicted octanol–water partition coefficient (Wildman–Crippen LogP) is 4.57. The maximum Gasteiger partial charge on any atom is 0.508 e. The van der Waals surface area contributed by atoms with Gasteiger partial charge in [-0.2, -0.15) is 0 Å².